The molecule has 2 heterocycles. The van der Waals surface area contributed by atoms with Crippen LogP contribution >= 0.6 is 0 Å². The second-order valence-corrected chi connectivity index (χ2v) is 8.41. The summed E-state index contributed by atoms with van der Waals surface area (Å²) in [7, 11) is 1.78. The third-order valence-corrected chi connectivity index (χ3v) is 6.77. The number of rotatable bonds is 5. The van der Waals surface area contributed by atoms with Crippen LogP contribution in [0.3, 0.4) is 0 Å². The van der Waals surface area contributed by atoms with E-state index in [1.807, 2.05) is 18.2 Å². The lowest BCUT2D eigenvalue weighted by atomic mass is 9.78. The van der Waals surface area contributed by atoms with Crippen molar-refractivity contribution in [1.29, 1.82) is 0 Å². The van der Waals surface area contributed by atoms with Crippen LogP contribution in [0.15, 0.2) is 30.3 Å². The summed E-state index contributed by atoms with van der Waals surface area (Å²) in [6.07, 6.45) is 7.34. The Balaban J connectivity index is 1.37. The zero-order valence-corrected chi connectivity index (χ0v) is 15.9. The minimum absolute atomic E-state index is 0.00308. The van der Waals surface area contributed by atoms with Gasteiger partial charge in [0.25, 0.3) is 0 Å². The lowest BCUT2D eigenvalue weighted by Crippen LogP contribution is -2.52. The van der Waals surface area contributed by atoms with E-state index in [-0.39, 0.29) is 11.0 Å². The van der Waals surface area contributed by atoms with Crippen LogP contribution in [0.1, 0.15) is 50.5 Å². The van der Waals surface area contributed by atoms with Crippen molar-refractivity contribution in [2.24, 2.45) is 5.92 Å². The van der Waals surface area contributed by atoms with Crippen LogP contribution in [0, 0.1) is 5.92 Å². The maximum absolute atomic E-state index is 13.2. The Labute approximate surface area is 156 Å². The second-order valence-electron chi connectivity index (χ2n) is 8.41. The van der Waals surface area contributed by atoms with Crippen molar-refractivity contribution in [3.8, 4) is 0 Å². The fourth-order valence-corrected chi connectivity index (χ4v) is 4.94. The lowest BCUT2D eigenvalue weighted by Gasteiger charge is -2.46. The molecule has 0 bridgehead atoms. The summed E-state index contributed by atoms with van der Waals surface area (Å²) in [5.41, 5.74) is 0.954. The number of methoxy groups -OCH3 is 1. The molecule has 1 spiro atoms. The van der Waals surface area contributed by atoms with Crippen molar-refractivity contribution in [1.82, 2.24) is 4.90 Å². The van der Waals surface area contributed by atoms with Gasteiger partial charge in [-0.05, 0) is 56.4 Å². The van der Waals surface area contributed by atoms with E-state index in [0.29, 0.717) is 11.8 Å². The molecule has 1 aromatic carbocycles. The van der Waals surface area contributed by atoms with Crippen molar-refractivity contribution in [3.63, 3.8) is 0 Å². The summed E-state index contributed by atoms with van der Waals surface area (Å²) >= 11 is 0. The van der Waals surface area contributed by atoms with Gasteiger partial charge < -0.3 is 14.4 Å². The van der Waals surface area contributed by atoms with Gasteiger partial charge in [-0.25, -0.2) is 0 Å². The van der Waals surface area contributed by atoms with E-state index >= 15 is 0 Å². The molecule has 4 heteroatoms. The van der Waals surface area contributed by atoms with Gasteiger partial charge in [0.05, 0.1) is 11.0 Å². The minimum atomic E-state index is -0.236. The molecule has 26 heavy (non-hydrogen) atoms. The van der Waals surface area contributed by atoms with Crippen molar-refractivity contribution in [2.75, 3.05) is 33.4 Å². The minimum Gasteiger partial charge on any atom is -0.385 e. The van der Waals surface area contributed by atoms with E-state index in [4.69, 9.17) is 9.47 Å². The fourth-order valence-electron chi connectivity index (χ4n) is 4.94. The first kappa shape index (κ1) is 18.0. The fraction of sp³-hybridized carbons (Fsp3) is 0.682. The predicted molar refractivity (Wildman–Crippen MR) is 101 cm³/mol. The Hall–Kier alpha value is -1.39. The molecule has 4 rings (SSSR count). The van der Waals surface area contributed by atoms with Crippen molar-refractivity contribution in [2.45, 2.75) is 56.0 Å². The highest BCUT2D eigenvalue weighted by Crippen LogP contribution is 2.50. The molecule has 0 aromatic heterocycles. The summed E-state index contributed by atoms with van der Waals surface area (Å²) in [6.45, 7) is 3.37. The number of hydrogen-bond donors (Lipinski definition) is 0. The monoisotopic (exact) mass is 357 g/mol. The molecule has 0 N–H and O–H groups in total. The van der Waals surface area contributed by atoms with Gasteiger partial charge in [-0.15, -0.1) is 0 Å². The summed E-state index contributed by atoms with van der Waals surface area (Å²) in [5.74, 6) is 1.04. The van der Waals surface area contributed by atoms with E-state index in [2.05, 4.69) is 17.0 Å². The molecule has 3 fully saturated rings. The van der Waals surface area contributed by atoms with Crippen LogP contribution in [0.4, 0.5) is 0 Å². The molecular weight excluding hydrogens is 326 g/mol. The van der Waals surface area contributed by atoms with Gasteiger partial charge in [0.2, 0.25) is 5.91 Å². The molecular formula is C22H31NO3. The largest absolute Gasteiger partial charge is 0.385 e. The second kappa shape index (κ2) is 7.32. The highest BCUT2D eigenvalue weighted by Gasteiger charge is 2.54. The van der Waals surface area contributed by atoms with Crippen molar-refractivity contribution >= 4 is 5.91 Å². The average Bonchev–Trinajstić information content (AvgIpc) is 3.49. The maximum atomic E-state index is 13.2. The van der Waals surface area contributed by atoms with Gasteiger partial charge in [0.15, 0.2) is 0 Å². The smallest absolute Gasteiger partial charge is 0.233 e. The first-order chi connectivity index (χ1) is 12.7. The zero-order chi connectivity index (χ0) is 18.0. The number of ether oxygens (including phenoxy) is 2. The Kier molecular flexibility index (Phi) is 5.07. The molecule has 142 valence electrons. The number of nitrogens with zero attached hydrogens (tertiary/aromatic N) is 1. The highest BCUT2D eigenvalue weighted by atomic mass is 16.5. The molecule has 1 amide bonds. The quantitative estimate of drug-likeness (QED) is 0.809. The number of piperidine rings is 1. The Morgan fingerprint density at radius 2 is 1.92 bits per heavy atom. The molecule has 0 radical (unpaired) electrons. The van der Waals surface area contributed by atoms with E-state index in [1.165, 1.54) is 5.56 Å². The maximum Gasteiger partial charge on any atom is 0.233 e. The van der Waals surface area contributed by atoms with Crippen LogP contribution in [-0.4, -0.2) is 49.8 Å². The van der Waals surface area contributed by atoms with Crippen LogP contribution in [0.5, 0.6) is 0 Å². The molecule has 1 saturated carbocycles. The summed E-state index contributed by atoms with van der Waals surface area (Å²) in [4.78, 5) is 15.3. The normalized spacial score (nSPS) is 26.7. The SMILES string of the molecule is COCCC1CCOC2(CCN(C(=O)C3(c4ccccc4)CC3)CC2)C1. The van der Waals surface area contributed by atoms with Gasteiger partial charge in [-0.2, -0.15) is 0 Å². The van der Waals surface area contributed by atoms with E-state index in [0.717, 1.165) is 71.2 Å². The molecule has 3 aliphatic rings. The van der Waals surface area contributed by atoms with Crippen LogP contribution in [-0.2, 0) is 19.7 Å². The highest BCUT2D eigenvalue weighted by molar-refractivity contribution is 5.91. The van der Waals surface area contributed by atoms with E-state index in [9.17, 15) is 4.79 Å². The van der Waals surface area contributed by atoms with Gasteiger partial charge in [-0.3, -0.25) is 4.79 Å². The number of carbonyl (C=O) groups is 1. The predicted octanol–water partition coefficient (Wildman–Crippen LogP) is 3.54. The number of amides is 1. The number of carbonyl (C=O) groups excluding carboxylic acids is 1. The van der Waals surface area contributed by atoms with Gasteiger partial charge in [0.1, 0.15) is 0 Å². The third kappa shape index (κ3) is 3.41. The number of likely N-dealkylation sites (tertiary alicyclic amines) is 1. The molecule has 1 aliphatic carbocycles. The van der Waals surface area contributed by atoms with Gasteiger partial charge in [-0.1, -0.05) is 30.3 Å². The average molecular weight is 357 g/mol. The number of hydrogen-bond acceptors (Lipinski definition) is 3. The summed E-state index contributed by atoms with van der Waals surface area (Å²) < 4.78 is 11.5. The van der Waals surface area contributed by atoms with Gasteiger partial charge in [0, 0.05) is 33.4 Å². The standard InChI is InChI=1S/C22H31NO3/c1-25-15-7-18-8-16-26-21(17-18)11-13-23(14-12-21)20(24)22(9-10-22)19-5-3-2-4-6-19/h2-6,18H,7-17H2,1H3. The first-order valence-electron chi connectivity index (χ1n) is 10.2. The third-order valence-electron chi connectivity index (χ3n) is 6.77. The Morgan fingerprint density at radius 3 is 2.58 bits per heavy atom. The molecule has 1 atom stereocenters. The topological polar surface area (TPSA) is 38.8 Å². The first-order valence-corrected chi connectivity index (χ1v) is 10.2. The van der Waals surface area contributed by atoms with E-state index in [1.54, 1.807) is 7.11 Å². The lowest BCUT2D eigenvalue weighted by molar-refractivity contribution is -0.149. The Bertz CT molecular complexity index is 618. The summed E-state index contributed by atoms with van der Waals surface area (Å²) in [6, 6.07) is 10.3. The van der Waals surface area contributed by atoms with Gasteiger partial charge >= 0.3 is 0 Å². The van der Waals surface area contributed by atoms with Crippen molar-refractivity contribution in [3.05, 3.63) is 35.9 Å². The van der Waals surface area contributed by atoms with Crippen LogP contribution < -0.4 is 0 Å². The Morgan fingerprint density at radius 1 is 1.19 bits per heavy atom. The molecule has 2 saturated heterocycles. The molecule has 4 nitrogen and oxygen atoms in total. The van der Waals surface area contributed by atoms with Crippen LogP contribution in [0.25, 0.3) is 0 Å². The van der Waals surface area contributed by atoms with Crippen molar-refractivity contribution < 1.29 is 14.3 Å². The molecule has 1 unspecified atom stereocenters. The number of benzene rings is 1. The van der Waals surface area contributed by atoms with E-state index < -0.39 is 0 Å². The zero-order valence-electron chi connectivity index (χ0n) is 15.9. The molecule has 1 aromatic rings. The summed E-state index contributed by atoms with van der Waals surface area (Å²) in [5, 5.41) is 0. The van der Waals surface area contributed by atoms with Crippen LogP contribution in [0.2, 0.25) is 0 Å². The molecule has 2 aliphatic heterocycles.